The molecule has 0 spiro atoms. The van der Waals surface area contributed by atoms with Crippen LogP contribution in [0.2, 0.25) is 0 Å². The highest BCUT2D eigenvalue weighted by molar-refractivity contribution is 5.92. The van der Waals surface area contributed by atoms with Gasteiger partial charge in [-0.2, -0.15) is 5.10 Å². The van der Waals surface area contributed by atoms with Gasteiger partial charge in [-0.25, -0.2) is 10.1 Å². The Bertz CT molecular complexity index is 713. The van der Waals surface area contributed by atoms with Gasteiger partial charge in [0.05, 0.1) is 5.69 Å². The van der Waals surface area contributed by atoms with Crippen molar-refractivity contribution in [2.45, 2.75) is 19.3 Å². The summed E-state index contributed by atoms with van der Waals surface area (Å²) >= 11 is 0. The van der Waals surface area contributed by atoms with Gasteiger partial charge < -0.3 is 9.47 Å². The molecule has 7 heteroatoms. The second kappa shape index (κ2) is 5.16. The first-order valence-electron chi connectivity index (χ1n) is 6.89. The molecule has 0 radical (unpaired) electrons. The van der Waals surface area contributed by atoms with Gasteiger partial charge in [-0.1, -0.05) is 0 Å². The van der Waals surface area contributed by atoms with Crippen LogP contribution in [-0.4, -0.2) is 43.6 Å². The molecular formula is C14H17N5O2. The van der Waals surface area contributed by atoms with E-state index < -0.39 is 0 Å². The number of aryl methyl sites for hydroxylation is 2. The van der Waals surface area contributed by atoms with Crippen molar-refractivity contribution in [2.75, 3.05) is 13.1 Å². The first-order valence-corrected chi connectivity index (χ1v) is 6.89. The van der Waals surface area contributed by atoms with Gasteiger partial charge in [0.25, 0.3) is 11.5 Å². The number of carbonyl (C=O) groups is 1. The molecule has 1 unspecified atom stereocenters. The van der Waals surface area contributed by atoms with E-state index in [2.05, 4.69) is 15.2 Å². The van der Waals surface area contributed by atoms with E-state index in [1.165, 1.54) is 12.1 Å². The largest absolute Gasteiger partial charge is 0.337 e. The standard InChI is InChI=1S/C14H17N5O2/c1-9-7-18(2)13(15-9)10-5-6-19(8-10)14(21)11-3-4-12(20)17-16-11/h3-4,7,10H,5-6,8H2,1-2H3,(H,17,20). The van der Waals surface area contributed by atoms with Crippen molar-refractivity contribution in [3.05, 3.63) is 45.9 Å². The molecule has 1 N–H and O–H groups in total. The minimum Gasteiger partial charge on any atom is -0.337 e. The highest BCUT2D eigenvalue weighted by atomic mass is 16.2. The summed E-state index contributed by atoms with van der Waals surface area (Å²) in [5, 5.41) is 6.08. The van der Waals surface area contributed by atoms with Crippen molar-refractivity contribution in [3.8, 4) is 0 Å². The third-order valence-electron chi connectivity index (χ3n) is 3.77. The van der Waals surface area contributed by atoms with E-state index in [4.69, 9.17) is 0 Å². The van der Waals surface area contributed by atoms with Crippen LogP contribution >= 0.6 is 0 Å². The van der Waals surface area contributed by atoms with E-state index in [1.54, 1.807) is 4.90 Å². The van der Waals surface area contributed by atoms with Crippen LogP contribution in [0.25, 0.3) is 0 Å². The van der Waals surface area contributed by atoms with Gasteiger partial charge in [-0.3, -0.25) is 9.59 Å². The van der Waals surface area contributed by atoms with Crippen LogP contribution in [0.1, 0.15) is 34.3 Å². The molecule has 1 saturated heterocycles. The number of hydrogen-bond donors (Lipinski definition) is 1. The zero-order valence-corrected chi connectivity index (χ0v) is 12.0. The second-order valence-electron chi connectivity index (χ2n) is 5.39. The predicted molar refractivity (Wildman–Crippen MR) is 76.1 cm³/mol. The quantitative estimate of drug-likeness (QED) is 0.868. The van der Waals surface area contributed by atoms with Gasteiger partial charge in [0.2, 0.25) is 0 Å². The summed E-state index contributed by atoms with van der Waals surface area (Å²) in [4.78, 5) is 29.6. The lowest BCUT2D eigenvalue weighted by Crippen LogP contribution is -2.30. The number of hydrogen-bond acceptors (Lipinski definition) is 4. The molecule has 2 aromatic heterocycles. The molecule has 0 saturated carbocycles. The fourth-order valence-electron chi connectivity index (χ4n) is 2.80. The van der Waals surface area contributed by atoms with Gasteiger partial charge in [0.1, 0.15) is 11.5 Å². The van der Waals surface area contributed by atoms with E-state index in [1.807, 2.05) is 24.7 Å². The number of carbonyl (C=O) groups excluding carboxylic acids is 1. The van der Waals surface area contributed by atoms with E-state index >= 15 is 0 Å². The number of aromatic amines is 1. The van der Waals surface area contributed by atoms with E-state index in [-0.39, 0.29) is 23.1 Å². The van der Waals surface area contributed by atoms with Crippen LogP contribution in [0.4, 0.5) is 0 Å². The zero-order chi connectivity index (χ0) is 15.0. The van der Waals surface area contributed by atoms with E-state index in [9.17, 15) is 9.59 Å². The first-order chi connectivity index (χ1) is 10.0. The SMILES string of the molecule is Cc1cn(C)c(C2CCN(C(=O)c3ccc(=O)[nH]n3)C2)n1. The molecule has 0 bridgehead atoms. The highest BCUT2D eigenvalue weighted by Crippen LogP contribution is 2.27. The Morgan fingerprint density at radius 2 is 2.24 bits per heavy atom. The van der Waals surface area contributed by atoms with Crippen LogP contribution in [0.3, 0.4) is 0 Å². The van der Waals surface area contributed by atoms with Gasteiger partial charge in [-0.05, 0) is 19.4 Å². The van der Waals surface area contributed by atoms with Gasteiger partial charge in [-0.15, -0.1) is 0 Å². The fraction of sp³-hybridized carbons (Fsp3) is 0.429. The summed E-state index contributed by atoms with van der Waals surface area (Å²) in [5.41, 5.74) is 0.945. The molecule has 1 aliphatic heterocycles. The van der Waals surface area contributed by atoms with Crippen LogP contribution in [0, 0.1) is 6.92 Å². The van der Waals surface area contributed by atoms with Crippen LogP contribution in [0.5, 0.6) is 0 Å². The Kier molecular flexibility index (Phi) is 3.32. The summed E-state index contributed by atoms with van der Waals surface area (Å²) in [6.07, 6.45) is 2.88. The second-order valence-corrected chi connectivity index (χ2v) is 5.39. The Hall–Kier alpha value is -2.44. The van der Waals surface area contributed by atoms with Gasteiger partial charge in [0.15, 0.2) is 0 Å². The Labute approximate surface area is 121 Å². The summed E-state index contributed by atoms with van der Waals surface area (Å²) in [6.45, 7) is 3.27. The minimum atomic E-state index is -0.311. The first kappa shape index (κ1) is 13.5. The van der Waals surface area contributed by atoms with Crippen molar-refractivity contribution in [1.29, 1.82) is 0 Å². The third-order valence-corrected chi connectivity index (χ3v) is 3.77. The maximum Gasteiger partial charge on any atom is 0.274 e. The average Bonchev–Trinajstić information content (AvgIpc) is 3.05. The molecule has 1 fully saturated rings. The van der Waals surface area contributed by atoms with Gasteiger partial charge in [0, 0.05) is 38.3 Å². The predicted octanol–water partition coefficient (Wildman–Crippen LogP) is 0.442. The molecule has 3 rings (SSSR count). The molecule has 0 aliphatic carbocycles. The minimum absolute atomic E-state index is 0.153. The fourth-order valence-corrected chi connectivity index (χ4v) is 2.80. The number of imidazole rings is 1. The molecule has 0 aromatic carbocycles. The summed E-state index contributed by atoms with van der Waals surface area (Å²) in [6, 6.07) is 2.77. The van der Waals surface area contributed by atoms with Crippen molar-refractivity contribution < 1.29 is 4.79 Å². The lowest BCUT2D eigenvalue weighted by Gasteiger charge is -2.15. The molecular weight excluding hydrogens is 270 g/mol. The monoisotopic (exact) mass is 287 g/mol. The normalized spacial score (nSPS) is 18.2. The lowest BCUT2D eigenvalue weighted by atomic mass is 10.1. The maximum absolute atomic E-state index is 12.3. The molecule has 3 heterocycles. The molecule has 1 atom stereocenters. The van der Waals surface area contributed by atoms with E-state index in [0.29, 0.717) is 13.1 Å². The Morgan fingerprint density at radius 1 is 1.43 bits per heavy atom. The highest BCUT2D eigenvalue weighted by Gasteiger charge is 2.30. The topological polar surface area (TPSA) is 83.9 Å². The van der Waals surface area contributed by atoms with Crippen molar-refractivity contribution in [3.63, 3.8) is 0 Å². The number of H-pyrrole nitrogens is 1. The Morgan fingerprint density at radius 3 is 2.86 bits per heavy atom. The molecule has 2 aromatic rings. The van der Waals surface area contributed by atoms with Crippen LogP contribution in [-0.2, 0) is 7.05 Å². The Balaban J connectivity index is 1.75. The van der Waals surface area contributed by atoms with Gasteiger partial charge >= 0.3 is 0 Å². The molecule has 1 amide bonds. The number of nitrogens with zero attached hydrogens (tertiary/aromatic N) is 4. The summed E-state index contributed by atoms with van der Waals surface area (Å²) < 4.78 is 2.02. The summed E-state index contributed by atoms with van der Waals surface area (Å²) in [5.74, 6) is 1.10. The molecule has 21 heavy (non-hydrogen) atoms. The summed E-state index contributed by atoms with van der Waals surface area (Å²) in [7, 11) is 1.98. The smallest absolute Gasteiger partial charge is 0.274 e. The zero-order valence-electron chi connectivity index (χ0n) is 12.0. The van der Waals surface area contributed by atoms with E-state index in [0.717, 1.165) is 17.9 Å². The number of aromatic nitrogens is 4. The molecule has 110 valence electrons. The van der Waals surface area contributed by atoms with Crippen molar-refractivity contribution in [2.24, 2.45) is 7.05 Å². The average molecular weight is 287 g/mol. The number of amides is 1. The number of rotatable bonds is 2. The van der Waals surface area contributed by atoms with Crippen molar-refractivity contribution in [1.82, 2.24) is 24.6 Å². The molecule has 1 aliphatic rings. The maximum atomic E-state index is 12.3. The third kappa shape index (κ3) is 2.58. The van der Waals surface area contributed by atoms with Crippen LogP contribution < -0.4 is 5.56 Å². The molecule has 7 nitrogen and oxygen atoms in total. The lowest BCUT2D eigenvalue weighted by molar-refractivity contribution is 0.0783. The van der Waals surface area contributed by atoms with Crippen molar-refractivity contribution >= 4 is 5.91 Å². The number of nitrogens with one attached hydrogen (secondary N) is 1. The number of likely N-dealkylation sites (tertiary alicyclic amines) is 1. The van der Waals surface area contributed by atoms with Crippen LogP contribution in [0.15, 0.2) is 23.1 Å².